The predicted molar refractivity (Wildman–Crippen MR) is 167 cm³/mol. The van der Waals surface area contributed by atoms with Crippen LogP contribution in [0.5, 0.6) is 0 Å². The number of rotatable bonds is 8. The third-order valence-corrected chi connectivity index (χ3v) is 8.07. The first kappa shape index (κ1) is 28.5. The Morgan fingerprint density at radius 2 is 1.10 bits per heavy atom. The molecule has 1 aliphatic rings. The molecule has 8 nitrogen and oxygen atoms in total. The molecule has 1 fully saturated rings. The maximum atomic E-state index is 11.1. The molecule has 4 aromatic rings. The minimum atomic E-state index is -0.404. The SMILES string of the molecule is Cc1cc(C2(c3ccc(N=Cc4cccc([N+](=O)[O-])c4)c(C)c3)CCCCC2)ccc1N=Cc1cccc([N+](=O)[O-])c1. The van der Waals surface area contributed by atoms with Gasteiger partial charge >= 0.3 is 0 Å². The third kappa shape index (κ3) is 6.17. The number of aliphatic imine (C=N–C) groups is 2. The summed E-state index contributed by atoms with van der Waals surface area (Å²) in [6.07, 6.45) is 8.96. The molecular formula is C34H32N4O4. The van der Waals surface area contributed by atoms with E-state index in [0.717, 1.165) is 48.2 Å². The van der Waals surface area contributed by atoms with Crippen LogP contribution in [0.3, 0.4) is 0 Å². The van der Waals surface area contributed by atoms with E-state index < -0.39 is 9.85 Å². The van der Waals surface area contributed by atoms with Crippen LogP contribution >= 0.6 is 0 Å². The lowest BCUT2D eigenvalue weighted by atomic mass is 9.65. The monoisotopic (exact) mass is 560 g/mol. The second kappa shape index (κ2) is 12.3. The molecule has 0 unspecified atom stereocenters. The van der Waals surface area contributed by atoms with Crippen molar-refractivity contribution in [1.82, 2.24) is 0 Å². The van der Waals surface area contributed by atoms with E-state index in [1.54, 1.807) is 36.7 Å². The van der Waals surface area contributed by atoms with Crippen molar-refractivity contribution in [3.05, 3.63) is 139 Å². The number of hydrogen-bond acceptors (Lipinski definition) is 6. The first-order valence-electron chi connectivity index (χ1n) is 14.0. The zero-order valence-electron chi connectivity index (χ0n) is 23.7. The summed E-state index contributed by atoms with van der Waals surface area (Å²) in [5.41, 5.74) is 7.63. The van der Waals surface area contributed by atoms with Crippen LogP contribution in [-0.4, -0.2) is 22.3 Å². The summed E-state index contributed by atoms with van der Waals surface area (Å²) >= 11 is 0. The van der Waals surface area contributed by atoms with Crippen molar-refractivity contribution < 1.29 is 9.85 Å². The molecule has 0 saturated heterocycles. The molecule has 0 amide bonds. The summed E-state index contributed by atoms with van der Waals surface area (Å²) < 4.78 is 0. The molecule has 0 atom stereocenters. The highest BCUT2D eigenvalue weighted by Gasteiger charge is 2.36. The van der Waals surface area contributed by atoms with Crippen LogP contribution in [-0.2, 0) is 5.41 Å². The molecule has 0 aromatic heterocycles. The van der Waals surface area contributed by atoms with E-state index in [0.29, 0.717) is 11.1 Å². The van der Waals surface area contributed by atoms with Crippen molar-refractivity contribution in [3.63, 3.8) is 0 Å². The van der Waals surface area contributed by atoms with Crippen LogP contribution in [0.2, 0.25) is 0 Å². The maximum Gasteiger partial charge on any atom is 0.270 e. The Kier molecular flexibility index (Phi) is 8.33. The van der Waals surface area contributed by atoms with Crippen LogP contribution in [0.15, 0.2) is 94.9 Å². The van der Waals surface area contributed by atoms with E-state index in [1.807, 2.05) is 12.1 Å². The topological polar surface area (TPSA) is 111 Å². The van der Waals surface area contributed by atoms with Gasteiger partial charge in [-0.15, -0.1) is 0 Å². The van der Waals surface area contributed by atoms with Crippen LogP contribution in [0, 0.1) is 34.1 Å². The highest BCUT2D eigenvalue weighted by atomic mass is 16.6. The van der Waals surface area contributed by atoms with Gasteiger partial charge < -0.3 is 0 Å². The Morgan fingerprint density at radius 3 is 1.50 bits per heavy atom. The van der Waals surface area contributed by atoms with Gasteiger partial charge in [0.2, 0.25) is 0 Å². The largest absolute Gasteiger partial charge is 0.270 e. The summed E-state index contributed by atoms with van der Waals surface area (Å²) in [7, 11) is 0. The predicted octanol–water partition coefficient (Wildman–Crippen LogP) is 8.87. The number of aryl methyl sites for hydroxylation is 2. The standard InChI is InChI=1S/C34H32N4O4/c1-24-18-28(12-14-32(24)35-22-26-8-6-10-30(20-26)37(39)40)34(16-4-3-5-17-34)29-13-15-33(25(2)19-29)36-23-27-9-7-11-31(21-27)38(41)42/h6-15,18-23H,3-5,16-17H2,1-2H3. The lowest BCUT2D eigenvalue weighted by Crippen LogP contribution is -2.30. The van der Waals surface area contributed by atoms with Gasteiger partial charge in [0.15, 0.2) is 0 Å². The van der Waals surface area contributed by atoms with Gasteiger partial charge in [-0.1, -0.05) is 67.8 Å². The molecular weight excluding hydrogens is 528 g/mol. The fourth-order valence-corrected chi connectivity index (χ4v) is 5.82. The summed E-state index contributed by atoms with van der Waals surface area (Å²) in [5, 5.41) is 22.2. The molecule has 0 bridgehead atoms. The zero-order valence-corrected chi connectivity index (χ0v) is 23.7. The summed E-state index contributed by atoms with van der Waals surface area (Å²) in [4.78, 5) is 30.7. The van der Waals surface area contributed by atoms with Crippen molar-refractivity contribution in [2.24, 2.45) is 9.98 Å². The molecule has 0 aliphatic heterocycles. The van der Waals surface area contributed by atoms with E-state index in [9.17, 15) is 20.2 Å². The fourth-order valence-electron chi connectivity index (χ4n) is 5.82. The van der Waals surface area contributed by atoms with Gasteiger partial charge in [0.25, 0.3) is 11.4 Å². The molecule has 0 N–H and O–H groups in total. The number of nitro groups is 2. The normalized spacial score (nSPS) is 14.8. The lowest BCUT2D eigenvalue weighted by molar-refractivity contribution is -0.385. The molecule has 5 rings (SSSR count). The molecule has 0 heterocycles. The molecule has 1 aliphatic carbocycles. The number of nitrogens with zero attached hydrogens (tertiary/aromatic N) is 4. The smallest absolute Gasteiger partial charge is 0.258 e. The van der Waals surface area contributed by atoms with Gasteiger partial charge in [0, 0.05) is 42.1 Å². The highest BCUT2D eigenvalue weighted by Crippen LogP contribution is 2.46. The van der Waals surface area contributed by atoms with Crippen LogP contribution < -0.4 is 0 Å². The second-order valence-corrected chi connectivity index (χ2v) is 10.9. The summed E-state index contributed by atoms with van der Waals surface area (Å²) in [6.45, 7) is 4.11. The van der Waals surface area contributed by atoms with Gasteiger partial charge in [-0.2, -0.15) is 0 Å². The van der Waals surface area contributed by atoms with Crippen LogP contribution in [0.4, 0.5) is 22.7 Å². The Hall–Kier alpha value is -4.98. The Morgan fingerprint density at radius 1 is 0.643 bits per heavy atom. The Balaban J connectivity index is 1.43. The Bertz CT molecular complexity index is 1580. The van der Waals surface area contributed by atoms with Crippen molar-refractivity contribution in [2.75, 3.05) is 0 Å². The summed E-state index contributed by atoms with van der Waals surface area (Å²) in [5.74, 6) is 0. The van der Waals surface area contributed by atoms with Crippen molar-refractivity contribution in [1.29, 1.82) is 0 Å². The van der Waals surface area contributed by atoms with Crippen LogP contribution in [0.1, 0.15) is 65.5 Å². The average Bonchev–Trinajstić information content (AvgIpc) is 3.00. The van der Waals surface area contributed by atoms with Gasteiger partial charge in [-0.25, -0.2) is 0 Å². The van der Waals surface area contributed by atoms with Gasteiger partial charge in [0.05, 0.1) is 21.2 Å². The lowest BCUT2D eigenvalue weighted by Gasteiger charge is -2.39. The molecule has 0 radical (unpaired) electrons. The minimum absolute atomic E-state index is 0.0429. The van der Waals surface area contributed by atoms with Crippen molar-refractivity contribution in [2.45, 2.75) is 51.4 Å². The van der Waals surface area contributed by atoms with E-state index in [1.165, 1.54) is 41.8 Å². The minimum Gasteiger partial charge on any atom is -0.258 e. The zero-order chi connectivity index (χ0) is 29.7. The molecule has 4 aromatic carbocycles. The van der Waals surface area contributed by atoms with E-state index in [-0.39, 0.29) is 16.8 Å². The number of hydrogen-bond donors (Lipinski definition) is 0. The van der Waals surface area contributed by atoms with Crippen LogP contribution in [0.25, 0.3) is 0 Å². The molecule has 42 heavy (non-hydrogen) atoms. The summed E-state index contributed by atoms with van der Waals surface area (Å²) in [6, 6.07) is 25.8. The number of benzene rings is 4. The van der Waals surface area contributed by atoms with Crippen molar-refractivity contribution in [3.8, 4) is 0 Å². The number of non-ortho nitro benzene ring substituents is 2. The molecule has 1 saturated carbocycles. The average molecular weight is 561 g/mol. The van der Waals surface area contributed by atoms with E-state index in [4.69, 9.17) is 0 Å². The third-order valence-electron chi connectivity index (χ3n) is 8.07. The fraction of sp³-hybridized carbons (Fsp3) is 0.235. The first-order valence-corrected chi connectivity index (χ1v) is 14.0. The highest BCUT2D eigenvalue weighted by molar-refractivity contribution is 5.84. The maximum absolute atomic E-state index is 11.1. The number of nitro benzene ring substituents is 2. The molecule has 8 heteroatoms. The second-order valence-electron chi connectivity index (χ2n) is 10.9. The Labute approximate surface area is 244 Å². The van der Waals surface area contributed by atoms with Crippen molar-refractivity contribution >= 4 is 35.2 Å². The van der Waals surface area contributed by atoms with Gasteiger partial charge in [-0.3, -0.25) is 30.2 Å². The van der Waals surface area contributed by atoms with Gasteiger partial charge in [0.1, 0.15) is 0 Å². The van der Waals surface area contributed by atoms with E-state index >= 15 is 0 Å². The van der Waals surface area contributed by atoms with Gasteiger partial charge in [-0.05, 0) is 72.2 Å². The molecule has 212 valence electrons. The molecule has 0 spiro atoms. The first-order chi connectivity index (χ1) is 20.2. The quantitative estimate of drug-likeness (QED) is 0.122. The van der Waals surface area contributed by atoms with E-state index in [2.05, 4.69) is 48.1 Å².